The SMILES string of the molecule is C[C@H](O)Cn1ccc(-c2cccc(C(=O)Nc3cc4cnn(C)c4cc3N3CCC(CO)CC3)n2)n1. The lowest BCUT2D eigenvalue weighted by Crippen LogP contribution is -2.35. The van der Waals surface area contributed by atoms with E-state index in [2.05, 4.69) is 31.5 Å². The van der Waals surface area contributed by atoms with Gasteiger partial charge in [-0.1, -0.05) is 6.07 Å². The Labute approximate surface area is 209 Å². The summed E-state index contributed by atoms with van der Waals surface area (Å²) in [5.74, 6) is 0.00530. The van der Waals surface area contributed by atoms with Crippen LogP contribution in [-0.2, 0) is 13.6 Å². The molecule has 1 aliphatic heterocycles. The Morgan fingerprint density at radius 3 is 2.75 bits per heavy atom. The third-order valence-corrected chi connectivity index (χ3v) is 6.66. The van der Waals surface area contributed by atoms with Gasteiger partial charge in [0.25, 0.3) is 5.91 Å². The molecule has 5 rings (SSSR count). The average Bonchev–Trinajstić information content (AvgIpc) is 3.49. The molecule has 0 unspecified atom stereocenters. The fraction of sp³-hybridized carbons (Fsp3) is 0.385. The average molecular weight is 490 g/mol. The second-order valence-corrected chi connectivity index (χ2v) is 9.44. The van der Waals surface area contributed by atoms with E-state index in [1.54, 1.807) is 36.1 Å². The van der Waals surface area contributed by atoms with Crippen molar-refractivity contribution in [3.63, 3.8) is 0 Å². The van der Waals surface area contributed by atoms with Crippen molar-refractivity contribution in [3.8, 4) is 11.4 Å². The van der Waals surface area contributed by atoms with E-state index < -0.39 is 6.10 Å². The number of aromatic nitrogens is 5. The van der Waals surface area contributed by atoms with Gasteiger partial charge in [0.15, 0.2) is 0 Å². The quantitative estimate of drug-likeness (QED) is 0.365. The van der Waals surface area contributed by atoms with Crippen LogP contribution in [0.4, 0.5) is 11.4 Å². The van der Waals surface area contributed by atoms with Crippen molar-refractivity contribution in [2.24, 2.45) is 13.0 Å². The van der Waals surface area contributed by atoms with E-state index in [0.29, 0.717) is 29.5 Å². The Morgan fingerprint density at radius 1 is 1.19 bits per heavy atom. The molecule has 4 heterocycles. The Morgan fingerprint density at radius 2 is 2.00 bits per heavy atom. The van der Waals surface area contributed by atoms with Crippen molar-refractivity contribution in [1.29, 1.82) is 0 Å². The lowest BCUT2D eigenvalue weighted by Gasteiger charge is -2.34. The van der Waals surface area contributed by atoms with E-state index in [0.717, 1.165) is 42.5 Å². The van der Waals surface area contributed by atoms with Crippen LogP contribution in [-0.4, -0.2) is 66.5 Å². The number of aliphatic hydroxyl groups is 2. The van der Waals surface area contributed by atoms with Gasteiger partial charge < -0.3 is 20.4 Å². The number of aryl methyl sites for hydroxylation is 1. The summed E-state index contributed by atoms with van der Waals surface area (Å²) in [4.78, 5) is 20.1. The molecule has 1 fully saturated rings. The molecule has 188 valence electrons. The monoisotopic (exact) mass is 489 g/mol. The van der Waals surface area contributed by atoms with E-state index in [1.165, 1.54) is 0 Å². The summed E-state index contributed by atoms with van der Waals surface area (Å²) < 4.78 is 3.48. The minimum atomic E-state index is -0.511. The van der Waals surface area contributed by atoms with E-state index in [9.17, 15) is 15.0 Å². The largest absolute Gasteiger partial charge is 0.396 e. The third-order valence-electron chi connectivity index (χ3n) is 6.66. The minimum absolute atomic E-state index is 0.206. The highest BCUT2D eigenvalue weighted by molar-refractivity contribution is 6.06. The van der Waals surface area contributed by atoms with Gasteiger partial charge in [-0.2, -0.15) is 10.2 Å². The summed E-state index contributed by atoms with van der Waals surface area (Å²) in [7, 11) is 1.90. The third kappa shape index (κ3) is 4.95. The Balaban J connectivity index is 1.42. The van der Waals surface area contributed by atoms with Crippen LogP contribution < -0.4 is 10.2 Å². The molecule has 0 radical (unpaired) electrons. The fourth-order valence-corrected chi connectivity index (χ4v) is 4.67. The molecule has 4 aromatic rings. The number of rotatable bonds is 7. The molecule has 1 saturated heterocycles. The van der Waals surface area contributed by atoms with Crippen molar-refractivity contribution in [2.45, 2.75) is 32.4 Å². The number of carbonyl (C=O) groups is 1. The second-order valence-electron chi connectivity index (χ2n) is 9.44. The zero-order valence-corrected chi connectivity index (χ0v) is 20.5. The molecule has 36 heavy (non-hydrogen) atoms. The zero-order valence-electron chi connectivity index (χ0n) is 20.5. The molecule has 10 nitrogen and oxygen atoms in total. The van der Waals surface area contributed by atoms with Gasteiger partial charge in [0, 0.05) is 38.3 Å². The van der Waals surface area contributed by atoms with Crippen LogP contribution >= 0.6 is 0 Å². The number of aliphatic hydroxyl groups excluding tert-OH is 2. The Bertz CT molecular complexity index is 1370. The first kappa shape index (κ1) is 24.0. The smallest absolute Gasteiger partial charge is 0.274 e. The standard InChI is InChI=1S/C26H31N7O3/c1-17(35)15-33-11-8-21(30-33)20-4-3-5-22(28-20)26(36)29-23-12-19-14-27-31(2)24(19)13-25(23)32-9-6-18(16-34)7-10-32/h3-5,8,11-14,17-18,34-35H,6-7,9-10,15-16H2,1-2H3,(H,29,36)/t17-/m0/s1. The molecule has 0 bridgehead atoms. The number of fused-ring (bicyclic) bond motifs is 1. The number of nitrogens with zero attached hydrogens (tertiary/aromatic N) is 6. The number of pyridine rings is 1. The number of nitrogens with one attached hydrogen (secondary N) is 1. The molecule has 0 saturated carbocycles. The Kier molecular flexibility index (Phi) is 6.71. The van der Waals surface area contributed by atoms with Crippen molar-refractivity contribution < 1.29 is 15.0 Å². The molecule has 0 aliphatic carbocycles. The molecule has 3 aromatic heterocycles. The van der Waals surface area contributed by atoms with E-state index in [-0.39, 0.29) is 18.2 Å². The number of anilines is 2. The van der Waals surface area contributed by atoms with Crippen LogP contribution in [0.25, 0.3) is 22.3 Å². The maximum Gasteiger partial charge on any atom is 0.274 e. The molecular formula is C26H31N7O3. The van der Waals surface area contributed by atoms with Crippen molar-refractivity contribution in [1.82, 2.24) is 24.5 Å². The molecule has 1 atom stereocenters. The number of benzene rings is 1. The number of hydrogen-bond donors (Lipinski definition) is 3. The van der Waals surface area contributed by atoms with Crippen LogP contribution in [0, 0.1) is 5.92 Å². The predicted molar refractivity (Wildman–Crippen MR) is 138 cm³/mol. The van der Waals surface area contributed by atoms with Crippen LogP contribution in [0.1, 0.15) is 30.3 Å². The zero-order chi connectivity index (χ0) is 25.2. The molecular weight excluding hydrogens is 458 g/mol. The number of carbonyl (C=O) groups excluding carboxylic acids is 1. The van der Waals surface area contributed by atoms with Crippen molar-refractivity contribution in [2.75, 3.05) is 29.9 Å². The maximum absolute atomic E-state index is 13.3. The van der Waals surface area contributed by atoms with Crippen LogP contribution in [0.5, 0.6) is 0 Å². The van der Waals surface area contributed by atoms with Gasteiger partial charge in [0.2, 0.25) is 0 Å². The highest BCUT2D eigenvalue weighted by Crippen LogP contribution is 2.34. The van der Waals surface area contributed by atoms with Gasteiger partial charge in [-0.15, -0.1) is 0 Å². The van der Waals surface area contributed by atoms with Gasteiger partial charge in [0.1, 0.15) is 11.4 Å². The van der Waals surface area contributed by atoms with Gasteiger partial charge in [-0.25, -0.2) is 4.98 Å². The molecule has 3 N–H and O–H groups in total. The Hall–Kier alpha value is -3.76. The number of amides is 1. The highest BCUT2D eigenvalue weighted by atomic mass is 16.3. The lowest BCUT2D eigenvalue weighted by atomic mass is 9.97. The first-order chi connectivity index (χ1) is 17.4. The molecule has 0 spiro atoms. The molecule has 1 aliphatic rings. The minimum Gasteiger partial charge on any atom is -0.396 e. The highest BCUT2D eigenvalue weighted by Gasteiger charge is 2.23. The first-order valence-corrected chi connectivity index (χ1v) is 12.2. The van der Waals surface area contributed by atoms with Crippen molar-refractivity contribution >= 4 is 28.2 Å². The molecule has 1 amide bonds. The van der Waals surface area contributed by atoms with Gasteiger partial charge in [-0.05, 0) is 56.0 Å². The van der Waals surface area contributed by atoms with Crippen LogP contribution in [0.15, 0.2) is 48.8 Å². The summed E-state index contributed by atoms with van der Waals surface area (Å²) in [6.07, 6.45) is 4.86. The lowest BCUT2D eigenvalue weighted by molar-refractivity contribution is 0.102. The summed E-state index contributed by atoms with van der Waals surface area (Å²) in [6.45, 7) is 3.91. The van der Waals surface area contributed by atoms with Crippen LogP contribution in [0.2, 0.25) is 0 Å². The van der Waals surface area contributed by atoms with E-state index >= 15 is 0 Å². The van der Waals surface area contributed by atoms with Crippen LogP contribution in [0.3, 0.4) is 0 Å². The molecule has 1 aromatic carbocycles. The maximum atomic E-state index is 13.3. The second kappa shape index (κ2) is 10.1. The topological polar surface area (TPSA) is 121 Å². The van der Waals surface area contributed by atoms with Crippen molar-refractivity contribution in [3.05, 3.63) is 54.5 Å². The molecule has 10 heteroatoms. The summed E-state index contributed by atoms with van der Waals surface area (Å²) in [5.41, 5.74) is 4.13. The number of piperidine rings is 1. The predicted octanol–water partition coefficient (Wildman–Crippen LogP) is 2.67. The van der Waals surface area contributed by atoms with E-state index in [1.807, 2.05) is 29.9 Å². The van der Waals surface area contributed by atoms with Gasteiger partial charge in [0.05, 0.1) is 41.4 Å². The van der Waals surface area contributed by atoms with E-state index in [4.69, 9.17) is 0 Å². The number of hydrogen-bond acceptors (Lipinski definition) is 7. The summed E-state index contributed by atoms with van der Waals surface area (Å²) in [5, 5.41) is 32.0. The summed E-state index contributed by atoms with van der Waals surface area (Å²) >= 11 is 0. The van der Waals surface area contributed by atoms with Gasteiger partial charge in [-0.3, -0.25) is 14.2 Å². The van der Waals surface area contributed by atoms with Gasteiger partial charge >= 0.3 is 0 Å². The summed E-state index contributed by atoms with van der Waals surface area (Å²) in [6, 6.07) is 11.1. The fourth-order valence-electron chi connectivity index (χ4n) is 4.67. The normalized spacial score (nSPS) is 15.4. The first-order valence-electron chi connectivity index (χ1n) is 12.2.